The summed E-state index contributed by atoms with van der Waals surface area (Å²) in [5.74, 6) is 0. The smallest absolute Gasteiger partial charge is 0.102 e. The van der Waals surface area contributed by atoms with Gasteiger partial charge in [0.1, 0.15) is 5.69 Å². The number of rotatable bonds is 6. The second-order valence-electron chi connectivity index (χ2n) is 2.97. The fraction of sp³-hybridized carbons (Fsp3) is 0.667. The van der Waals surface area contributed by atoms with Gasteiger partial charge in [-0.1, -0.05) is 5.21 Å². The van der Waals surface area contributed by atoms with E-state index in [1.165, 1.54) is 0 Å². The van der Waals surface area contributed by atoms with Crippen molar-refractivity contribution in [1.82, 2.24) is 15.0 Å². The number of hydrogen-bond donors (Lipinski definition) is 0. The Morgan fingerprint density at radius 2 is 2.20 bits per heavy atom. The van der Waals surface area contributed by atoms with Gasteiger partial charge in [0, 0.05) is 14.2 Å². The summed E-state index contributed by atoms with van der Waals surface area (Å²) >= 11 is 0. The molecule has 0 aliphatic carbocycles. The van der Waals surface area contributed by atoms with E-state index in [2.05, 4.69) is 10.3 Å². The molecule has 1 rings (SSSR count). The third kappa shape index (κ3) is 3.01. The minimum Gasteiger partial charge on any atom is -0.383 e. The zero-order chi connectivity index (χ0) is 11.1. The van der Waals surface area contributed by atoms with Crippen molar-refractivity contribution in [2.24, 2.45) is 0 Å². The van der Waals surface area contributed by atoms with Crippen LogP contribution in [0.3, 0.4) is 0 Å². The van der Waals surface area contributed by atoms with Crippen molar-refractivity contribution in [3.05, 3.63) is 11.4 Å². The molecule has 0 bridgehead atoms. The Bertz CT molecular complexity index is 342. The molecule has 0 amide bonds. The largest absolute Gasteiger partial charge is 0.383 e. The van der Waals surface area contributed by atoms with Gasteiger partial charge >= 0.3 is 0 Å². The SMILES string of the molecule is COCCn1nnc(CC#N)c1COC. The molecule has 0 atom stereocenters. The normalized spacial score (nSPS) is 10.2. The molecule has 82 valence electrons. The van der Waals surface area contributed by atoms with Gasteiger partial charge < -0.3 is 9.47 Å². The van der Waals surface area contributed by atoms with E-state index < -0.39 is 0 Å². The van der Waals surface area contributed by atoms with Crippen molar-refractivity contribution in [3.63, 3.8) is 0 Å². The monoisotopic (exact) mass is 210 g/mol. The summed E-state index contributed by atoms with van der Waals surface area (Å²) < 4.78 is 11.7. The number of nitrogens with zero attached hydrogens (tertiary/aromatic N) is 4. The Labute approximate surface area is 88.4 Å². The van der Waals surface area contributed by atoms with Gasteiger partial charge in [0.2, 0.25) is 0 Å². The van der Waals surface area contributed by atoms with E-state index in [-0.39, 0.29) is 6.42 Å². The van der Waals surface area contributed by atoms with Crippen molar-refractivity contribution in [1.29, 1.82) is 5.26 Å². The maximum atomic E-state index is 8.61. The lowest BCUT2D eigenvalue weighted by Gasteiger charge is -2.05. The zero-order valence-corrected chi connectivity index (χ0v) is 8.93. The Kier molecular flexibility index (Phi) is 4.74. The van der Waals surface area contributed by atoms with Crippen molar-refractivity contribution in [2.75, 3.05) is 20.8 Å². The van der Waals surface area contributed by atoms with Crippen LogP contribution in [-0.2, 0) is 29.0 Å². The molecule has 6 nitrogen and oxygen atoms in total. The van der Waals surface area contributed by atoms with Gasteiger partial charge in [-0.3, -0.25) is 0 Å². The van der Waals surface area contributed by atoms with Crippen LogP contribution in [0, 0.1) is 11.3 Å². The lowest BCUT2D eigenvalue weighted by molar-refractivity contribution is 0.161. The molecule has 0 aliphatic rings. The summed E-state index contributed by atoms with van der Waals surface area (Å²) in [5.41, 5.74) is 1.52. The molecule has 0 N–H and O–H groups in total. The molecule has 0 saturated carbocycles. The van der Waals surface area contributed by atoms with Gasteiger partial charge in [-0.15, -0.1) is 5.10 Å². The highest BCUT2D eigenvalue weighted by Crippen LogP contribution is 2.07. The van der Waals surface area contributed by atoms with Gasteiger partial charge in [-0.2, -0.15) is 5.26 Å². The lowest BCUT2D eigenvalue weighted by Crippen LogP contribution is -2.11. The van der Waals surface area contributed by atoms with E-state index in [9.17, 15) is 0 Å². The van der Waals surface area contributed by atoms with Crippen LogP contribution in [0.5, 0.6) is 0 Å². The van der Waals surface area contributed by atoms with E-state index in [4.69, 9.17) is 14.7 Å². The van der Waals surface area contributed by atoms with Gasteiger partial charge in [0.05, 0.1) is 37.9 Å². The molecule has 1 aromatic heterocycles. The molecule has 0 unspecified atom stereocenters. The highest BCUT2D eigenvalue weighted by atomic mass is 16.5. The number of ether oxygens (including phenoxy) is 2. The molecule has 6 heteroatoms. The van der Waals surface area contributed by atoms with E-state index in [1.54, 1.807) is 18.9 Å². The van der Waals surface area contributed by atoms with E-state index in [0.717, 1.165) is 5.69 Å². The highest BCUT2D eigenvalue weighted by molar-refractivity contribution is 5.13. The number of hydrogen-bond acceptors (Lipinski definition) is 5. The second kappa shape index (κ2) is 6.11. The second-order valence-corrected chi connectivity index (χ2v) is 2.97. The van der Waals surface area contributed by atoms with E-state index in [1.807, 2.05) is 6.07 Å². The van der Waals surface area contributed by atoms with Crippen molar-refractivity contribution < 1.29 is 9.47 Å². The first-order chi connectivity index (χ1) is 7.33. The molecule has 0 radical (unpaired) electrons. The Hall–Kier alpha value is -1.45. The topological polar surface area (TPSA) is 73.0 Å². The third-order valence-corrected chi connectivity index (χ3v) is 1.95. The number of aromatic nitrogens is 3. The number of methoxy groups -OCH3 is 2. The van der Waals surface area contributed by atoms with Crippen LogP contribution in [-0.4, -0.2) is 35.8 Å². The molecule has 1 heterocycles. The first-order valence-electron chi connectivity index (χ1n) is 4.59. The zero-order valence-electron chi connectivity index (χ0n) is 8.93. The van der Waals surface area contributed by atoms with Crippen molar-refractivity contribution in [3.8, 4) is 6.07 Å². The van der Waals surface area contributed by atoms with Crippen LogP contribution in [0.25, 0.3) is 0 Å². The lowest BCUT2D eigenvalue weighted by atomic mass is 10.2. The minimum atomic E-state index is 0.256. The van der Waals surface area contributed by atoms with Gasteiger partial charge in [-0.05, 0) is 0 Å². The van der Waals surface area contributed by atoms with Crippen molar-refractivity contribution in [2.45, 2.75) is 19.6 Å². The third-order valence-electron chi connectivity index (χ3n) is 1.95. The summed E-state index contributed by atoms with van der Waals surface area (Å²) in [4.78, 5) is 0. The van der Waals surface area contributed by atoms with Crippen LogP contribution >= 0.6 is 0 Å². The minimum absolute atomic E-state index is 0.256. The summed E-state index contributed by atoms with van der Waals surface area (Å²) in [5, 5.41) is 16.5. The molecule has 0 saturated heterocycles. The van der Waals surface area contributed by atoms with E-state index >= 15 is 0 Å². The van der Waals surface area contributed by atoms with Gasteiger partial charge in [0.25, 0.3) is 0 Å². The molecular weight excluding hydrogens is 196 g/mol. The molecular formula is C9H14N4O2. The van der Waals surface area contributed by atoms with Crippen LogP contribution in [0.4, 0.5) is 0 Å². The van der Waals surface area contributed by atoms with Gasteiger partial charge in [-0.25, -0.2) is 4.68 Å². The number of nitriles is 1. The predicted octanol–water partition coefficient (Wildman–Crippen LogP) is 0.137. The van der Waals surface area contributed by atoms with Crippen LogP contribution in [0.2, 0.25) is 0 Å². The average Bonchev–Trinajstić information content (AvgIpc) is 2.60. The Morgan fingerprint density at radius 1 is 1.40 bits per heavy atom. The molecule has 0 spiro atoms. The standard InChI is InChI=1S/C9H14N4O2/c1-14-6-5-13-9(7-15-2)8(3-4-10)11-12-13/h3,5-7H2,1-2H3. The van der Waals surface area contributed by atoms with Crippen LogP contribution in [0.1, 0.15) is 11.4 Å². The van der Waals surface area contributed by atoms with Crippen LogP contribution in [0.15, 0.2) is 0 Å². The summed E-state index contributed by atoms with van der Waals surface area (Å²) in [6.45, 7) is 1.59. The molecule has 15 heavy (non-hydrogen) atoms. The maximum Gasteiger partial charge on any atom is 0.102 e. The summed E-state index contributed by atoms with van der Waals surface area (Å²) in [6, 6.07) is 2.05. The average molecular weight is 210 g/mol. The summed E-state index contributed by atoms with van der Waals surface area (Å²) in [6.07, 6.45) is 0.256. The highest BCUT2D eigenvalue weighted by Gasteiger charge is 2.11. The molecule has 0 aromatic carbocycles. The summed E-state index contributed by atoms with van der Waals surface area (Å²) in [7, 11) is 3.23. The maximum absolute atomic E-state index is 8.61. The quantitative estimate of drug-likeness (QED) is 0.667. The molecule has 1 aromatic rings. The Balaban J connectivity index is 2.81. The fourth-order valence-electron chi connectivity index (χ4n) is 1.23. The fourth-order valence-corrected chi connectivity index (χ4v) is 1.23. The van der Waals surface area contributed by atoms with Gasteiger partial charge in [0.15, 0.2) is 0 Å². The first-order valence-corrected chi connectivity index (χ1v) is 4.59. The predicted molar refractivity (Wildman–Crippen MR) is 51.9 cm³/mol. The molecule has 0 fully saturated rings. The van der Waals surface area contributed by atoms with E-state index in [0.29, 0.717) is 25.5 Å². The first kappa shape index (κ1) is 11.6. The Morgan fingerprint density at radius 3 is 2.80 bits per heavy atom. The van der Waals surface area contributed by atoms with Crippen LogP contribution < -0.4 is 0 Å². The van der Waals surface area contributed by atoms with Crippen molar-refractivity contribution >= 4 is 0 Å². The molecule has 0 aliphatic heterocycles.